The molecule has 0 aliphatic heterocycles. The van der Waals surface area contributed by atoms with E-state index in [1.165, 1.54) is 0 Å². The number of carbonyl (C=O) groups is 1. The smallest absolute Gasteiger partial charge is 0.252 e. The van der Waals surface area contributed by atoms with Crippen LogP contribution in [-0.2, 0) is 0 Å². The average Bonchev–Trinajstić information content (AvgIpc) is 2.46. The first-order valence-corrected chi connectivity index (χ1v) is 6.87. The number of hydrogen-bond acceptors (Lipinski definition) is 3. The molecule has 1 atom stereocenters. The zero-order valence-corrected chi connectivity index (χ0v) is 11.9. The quantitative estimate of drug-likeness (QED) is 0.879. The van der Waals surface area contributed by atoms with Gasteiger partial charge >= 0.3 is 0 Å². The second-order valence-electron chi connectivity index (χ2n) is 5.22. The van der Waals surface area contributed by atoms with Gasteiger partial charge in [0.2, 0.25) is 0 Å². The summed E-state index contributed by atoms with van der Waals surface area (Å²) < 4.78 is 0. The van der Waals surface area contributed by atoms with Crippen LogP contribution in [0.15, 0.2) is 36.5 Å². The number of carbonyl (C=O) groups excluding carboxylic acids is 1. The average molecular weight is 272 g/mol. The molecule has 106 valence electrons. The number of nitrogens with zero attached hydrogens (tertiary/aromatic N) is 1. The summed E-state index contributed by atoms with van der Waals surface area (Å²) in [5.74, 6) is -0.124. The lowest BCUT2D eigenvalue weighted by atomic mass is 9.94. The summed E-state index contributed by atoms with van der Waals surface area (Å²) in [6.45, 7) is 4.01. The molecule has 0 aliphatic carbocycles. The molecule has 1 aromatic heterocycles. The third kappa shape index (κ3) is 2.96. The molecule has 1 unspecified atom stereocenters. The minimum atomic E-state index is -0.393. The number of nitrogens with one attached hydrogen (secondary N) is 1. The largest absolute Gasteiger partial charge is 0.396 e. The highest BCUT2D eigenvalue weighted by molar-refractivity contribution is 6.06. The van der Waals surface area contributed by atoms with E-state index in [0.29, 0.717) is 12.0 Å². The summed E-state index contributed by atoms with van der Waals surface area (Å²) in [5.41, 5.74) is 1.03. The van der Waals surface area contributed by atoms with E-state index in [0.717, 1.165) is 17.3 Å². The molecule has 0 aliphatic rings. The van der Waals surface area contributed by atoms with Crippen molar-refractivity contribution in [1.29, 1.82) is 0 Å². The standard InChI is InChI=1S/C16H20N2O2/c1-3-16(2,9-11-19)18-15(20)13-6-4-8-14-12(13)7-5-10-17-14/h4-8,10,19H,3,9,11H2,1-2H3,(H,18,20). The molecular weight excluding hydrogens is 252 g/mol. The van der Waals surface area contributed by atoms with Gasteiger partial charge in [-0.25, -0.2) is 0 Å². The molecule has 0 bridgehead atoms. The molecule has 1 amide bonds. The SMILES string of the molecule is CCC(C)(CCO)NC(=O)c1cccc2ncccc12. The van der Waals surface area contributed by atoms with E-state index in [4.69, 9.17) is 5.11 Å². The van der Waals surface area contributed by atoms with E-state index >= 15 is 0 Å². The second-order valence-corrected chi connectivity index (χ2v) is 5.22. The number of aromatic nitrogens is 1. The fourth-order valence-corrected chi connectivity index (χ4v) is 2.22. The highest BCUT2D eigenvalue weighted by Crippen LogP contribution is 2.19. The topological polar surface area (TPSA) is 62.2 Å². The Hall–Kier alpha value is -1.94. The molecule has 4 nitrogen and oxygen atoms in total. The van der Waals surface area contributed by atoms with Crippen LogP contribution in [0.4, 0.5) is 0 Å². The third-order valence-corrected chi connectivity index (χ3v) is 3.75. The van der Waals surface area contributed by atoms with Gasteiger partial charge in [-0.2, -0.15) is 0 Å². The normalized spacial score (nSPS) is 13.9. The number of pyridine rings is 1. The van der Waals surface area contributed by atoms with Crippen molar-refractivity contribution >= 4 is 16.8 Å². The highest BCUT2D eigenvalue weighted by atomic mass is 16.3. The molecule has 0 spiro atoms. The van der Waals surface area contributed by atoms with Crippen molar-refractivity contribution in [3.05, 3.63) is 42.1 Å². The Morgan fingerprint density at radius 1 is 1.35 bits per heavy atom. The van der Waals surface area contributed by atoms with Crippen molar-refractivity contribution in [2.24, 2.45) is 0 Å². The van der Waals surface area contributed by atoms with Crippen LogP contribution in [-0.4, -0.2) is 28.1 Å². The van der Waals surface area contributed by atoms with Gasteiger partial charge in [0.1, 0.15) is 0 Å². The first-order chi connectivity index (χ1) is 9.59. The van der Waals surface area contributed by atoms with Crippen LogP contribution in [0.2, 0.25) is 0 Å². The fraction of sp³-hybridized carbons (Fsp3) is 0.375. The van der Waals surface area contributed by atoms with Crippen LogP contribution in [0.25, 0.3) is 10.9 Å². The molecule has 2 N–H and O–H groups in total. The van der Waals surface area contributed by atoms with Gasteiger partial charge in [0, 0.05) is 29.3 Å². The number of amides is 1. The van der Waals surface area contributed by atoms with Gasteiger partial charge in [-0.05, 0) is 38.0 Å². The number of benzene rings is 1. The first-order valence-electron chi connectivity index (χ1n) is 6.87. The lowest BCUT2D eigenvalue weighted by Crippen LogP contribution is -2.46. The van der Waals surface area contributed by atoms with E-state index < -0.39 is 5.54 Å². The van der Waals surface area contributed by atoms with Gasteiger partial charge in [-0.15, -0.1) is 0 Å². The van der Waals surface area contributed by atoms with Crippen LogP contribution in [0.3, 0.4) is 0 Å². The number of aliphatic hydroxyl groups is 1. The third-order valence-electron chi connectivity index (χ3n) is 3.75. The van der Waals surface area contributed by atoms with Crippen LogP contribution in [0.1, 0.15) is 37.0 Å². The molecule has 4 heteroatoms. The van der Waals surface area contributed by atoms with Gasteiger partial charge in [0.25, 0.3) is 5.91 Å². The molecule has 1 heterocycles. The van der Waals surface area contributed by atoms with Gasteiger partial charge in [-0.3, -0.25) is 9.78 Å². The van der Waals surface area contributed by atoms with Gasteiger partial charge < -0.3 is 10.4 Å². The molecule has 0 radical (unpaired) electrons. The molecule has 1 aromatic carbocycles. The van der Waals surface area contributed by atoms with Crippen molar-refractivity contribution in [1.82, 2.24) is 10.3 Å². The number of rotatable bonds is 5. The lowest BCUT2D eigenvalue weighted by Gasteiger charge is -2.29. The highest BCUT2D eigenvalue weighted by Gasteiger charge is 2.24. The van der Waals surface area contributed by atoms with Crippen LogP contribution in [0.5, 0.6) is 0 Å². The summed E-state index contributed by atoms with van der Waals surface area (Å²) >= 11 is 0. The molecular formula is C16H20N2O2. The van der Waals surface area contributed by atoms with Crippen LogP contribution < -0.4 is 5.32 Å². The van der Waals surface area contributed by atoms with E-state index in [-0.39, 0.29) is 12.5 Å². The summed E-state index contributed by atoms with van der Waals surface area (Å²) in [6, 6.07) is 9.24. The number of hydrogen-bond donors (Lipinski definition) is 2. The van der Waals surface area contributed by atoms with Crippen molar-refractivity contribution in [2.45, 2.75) is 32.2 Å². The predicted molar refractivity (Wildman–Crippen MR) is 79.6 cm³/mol. The van der Waals surface area contributed by atoms with Crippen molar-refractivity contribution < 1.29 is 9.90 Å². The number of fused-ring (bicyclic) bond motifs is 1. The van der Waals surface area contributed by atoms with Crippen molar-refractivity contribution in [3.63, 3.8) is 0 Å². The van der Waals surface area contributed by atoms with E-state index in [1.807, 2.05) is 38.1 Å². The van der Waals surface area contributed by atoms with E-state index in [2.05, 4.69) is 10.3 Å². The minimum Gasteiger partial charge on any atom is -0.396 e. The fourth-order valence-electron chi connectivity index (χ4n) is 2.22. The predicted octanol–water partition coefficient (Wildman–Crippen LogP) is 2.52. The summed E-state index contributed by atoms with van der Waals surface area (Å²) in [6.07, 6.45) is 3.02. The first kappa shape index (κ1) is 14.5. The van der Waals surface area contributed by atoms with E-state index in [9.17, 15) is 4.79 Å². The molecule has 0 saturated heterocycles. The van der Waals surface area contributed by atoms with E-state index in [1.54, 1.807) is 12.3 Å². The minimum absolute atomic E-state index is 0.0573. The Kier molecular flexibility index (Phi) is 4.35. The zero-order chi connectivity index (χ0) is 14.6. The Morgan fingerprint density at radius 2 is 2.15 bits per heavy atom. The van der Waals surface area contributed by atoms with Gasteiger partial charge in [0.15, 0.2) is 0 Å². The molecule has 0 fully saturated rings. The summed E-state index contributed by atoms with van der Waals surface area (Å²) in [5, 5.41) is 13.0. The maximum absolute atomic E-state index is 12.5. The van der Waals surface area contributed by atoms with Gasteiger partial charge in [-0.1, -0.05) is 19.1 Å². The van der Waals surface area contributed by atoms with Crippen LogP contribution in [0, 0.1) is 0 Å². The second kappa shape index (κ2) is 6.01. The monoisotopic (exact) mass is 272 g/mol. The molecule has 0 saturated carbocycles. The van der Waals surface area contributed by atoms with Crippen molar-refractivity contribution in [3.8, 4) is 0 Å². The van der Waals surface area contributed by atoms with Crippen LogP contribution >= 0.6 is 0 Å². The molecule has 2 rings (SSSR count). The maximum atomic E-state index is 12.5. The number of aliphatic hydroxyl groups excluding tert-OH is 1. The van der Waals surface area contributed by atoms with Gasteiger partial charge in [0.05, 0.1) is 5.52 Å². The molecule has 2 aromatic rings. The maximum Gasteiger partial charge on any atom is 0.252 e. The Morgan fingerprint density at radius 3 is 2.85 bits per heavy atom. The van der Waals surface area contributed by atoms with Crippen molar-refractivity contribution in [2.75, 3.05) is 6.61 Å². The summed E-state index contributed by atoms with van der Waals surface area (Å²) in [4.78, 5) is 16.7. The lowest BCUT2D eigenvalue weighted by molar-refractivity contribution is 0.0888. The zero-order valence-electron chi connectivity index (χ0n) is 11.9. The summed E-state index contributed by atoms with van der Waals surface area (Å²) in [7, 11) is 0. The Balaban J connectivity index is 2.32. The Bertz CT molecular complexity index is 607. The molecule has 20 heavy (non-hydrogen) atoms. The Labute approximate surface area is 118 Å².